The van der Waals surface area contributed by atoms with Gasteiger partial charge in [-0.1, -0.05) is 306 Å². The van der Waals surface area contributed by atoms with Gasteiger partial charge in [-0.3, -0.25) is 14.4 Å². The van der Waals surface area contributed by atoms with Gasteiger partial charge >= 0.3 is 17.9 Å². The smallest absolute Gasteiger partial charge is 0.310 e. The summed E-state index contributed by atoms with van der Waals surface area (Å²) in [6.45, 7) is 6.48. The minimum atomic E-state index is -0.825. The topological polar surface area (TPSA) is 78.9 Å². The lowest BCUT2D eigenvalue weighted by Gasteiger charge is -2.18. The van der Waals surface area contributed by atoms with Gasteiger partial charge in [0.05, 0.1) is 6.42 Å². The summed E-state index contributed by atoms with van der Waals surface area (Å²) in [6.07, 6.45) is 74.0. The highest BCUT2D eigenvalue weighted by Crippen LogP contribution is 2.17. The van der Waals surface area contributed by atoms with E-state index in [0.29, 0.717) is 12.8 Å². The first-order valence-corrected chi connectivity index (χ1v) is 30.3. The molecule has 0 aromatic rings. The van der Waals surface area contributed by atoms with Gasteiger partial charge in [-0.05, 0) is 44.9 Å². The van der Waals surface area contributed by atoms with E-state index in [2.05, 4.69) is 69.4 Å². The van der Waals surface area contributed by atoms with Gasteiger partial charge < -0.3 is 14.2 Å². The normalized spacial score (nSPS) is 12.4. The maximum Gasteiger partial charge on any atom is 0.310 e. The molecule has 0 aromatic heterocycles. The fourth-order valence-corrected chi connectivity index (χ4v) is 8.82. The number of allylic oxidation sites excluding steroid dienone is 9. The van der Waals surface area contributed by atoms with Crippen LogP contribution >= 0.6 is 0 Å². The molecule has 0 heterocycles. The molecule has 0 N–H and O–H groups in total. The Hall–Kier alpha value is -2.89. The van der Waals surface area contributed by atoms with Crippen LogP contribution in [0, 0.1) is 0 Å². The number of unbranched alkanes of at least 4 members (excludes halogenated alkanes) is 35. The molecule has 0 rings (SSSR count). The molecule has 0 fully saturated rings. The zero-order chi connectivity index (χ0) is 50.7. The number of ether oxygens (including phenoxy) is 3. The van der Waals surface area contributed by atoms with E-state index in [1.807, 2.05) is 6.08 Å². The van der Waals surface area contributed by atoms with Crippen molar-refractivity contribution in [2.45, 2.75) is 316 Å². The predicted molar refractivity (Wildman–Crippen MR) is 302 cm³/mol. The van der Waals surface area contributed by atoms with Gasteiger partial charge in [0.2, 0.25) is 0 Å². The van der Waals surface area contributed by atoms with Crippen molar-refractivity contribution in [3.05, 3.63) is 60.8 Å². The van der Waals surface area contributed by atoms with E-state index in [1.54, 1.807) is 6.08 Å². The molecule has 406 valence electrons. The van der Waals surface area contributed by atoms with E-state index in [9.17, 15) is 14.4 Å². The molecule has 0 aliphatic carbocycles. The molecule has 0 aliphatic rings. The summed E-state index contributed by atoms with van der Waals surface area (Å²) in [5, 5.41) is 0. The van der Waals surface area contributed by atoms with Crippen molar-refractivity contribution in [2.24, 2.45) is 0 Å². The van der Waals surface area contributed by atoms with Crippen molar-refractivity contribution in [3.8, 4) is 0 Å². The summed E-state index contributed by atoms with van der Waals surface area (Å²) in [5.74, 6) is -1.02. The Morgan fingerprint density at radius 3 is 0.814 bits per heavy atom. The van der Waals surface area contributed by atoms with Gasteiger partial charge in [0, 0.05) is 12.8 Å². The van der Waals surface area contributed by atoms with Gasteiger partial charge in [-0.2, -0.15) is 0 Å². The predicted octanol–water partition coefficient (Wildman–Crippen LogP) is 20.4. The fourth-order valence-electron chi connectivity index (χ4n) is 8.82. The third kappa shape index (κ3) is 56.0. The molecule has 0 bridgehead atoms. The first kappa shape index (κ1) is 67.1. The summed E-state index contributed by atoms with van der Waals surface area (Å²) >= 11 is 0. The lowest BCUT2D eigenvalue weighted by molar-refractivity contribution is -0.166. The van der Waals surface area contributed by atoms with E-state index in [4.69, 9.17) is 14.2 Å². The number of esters is 3. The Balaban J connectivity index is 4.31. The third-order valence-corrected chi connectivity index (χ3v) is 13.3. The second kappa shape index (κ2) is 58.7. The number of hydrogen-bond donors (Lipinski definition) is 0. The van der Waals surface area contributed by atoms with Crippen LogP contribution in [-0.2, 0) is 28.6 Å². The SMILES string of the molecule is CC/C=C\C/C=C\C/C=C\C/C=C\C/C=C\CC(=O)OC(COC(=O)CCCCCCCCCCCCCCC)COC(=O)CCCCCCCCCCCCCCCCCCCCCCCCCC. The maximum atomic E-state index is 12.8. The molecule has 0 aliphatic heterocycles. The average Bonchev–Trinajstić information content (AvgIpc) is 3.36. The van der Waals surface area contributed by atoms with Crippen molar-refractivity contribution in [1.82, 2.24) is 0 Å². The largest absolute Gasteiger partial charge is 0.462 e. The lowest BCUT2D eigenvalue weighted by atomic mass is 10.0. The molecular weight excluding hydrogens is 865 g/mol. The summed E-state index contributed by atoms with van der Waals surface area (Å²) in [4.78, 5) is 38.1. The summed E-state index contributed by atoms with van der Waals surface area (Å²) in [7, 11) is 0. The molecule has 6 heteroatoms. The quantitative estimate of drug-likeness (QED) is 0.0261. The van der Waals surface area contributed by atoms with Crippen LogP contribution in [0.1, 0.15) is 310 Å². The van der Waals surface area contributed by atoms with Crippen molar-refractivity contribution in [2.75, 3.05) is 13.2 Å². The Bertz CT molecular complexity index is 1260. The van der Waals surface area contributed by atoms with Gasteiger partial charge in [-0.15, -0.1) is 0 Å². The molecule has 0 spiro atoms. The van der Waals surface area contributed by atoms with Crippen LogP contribution in [0.5, 0.6) is 0 Å². The van der Waals surface area contributed by atoms with Gasteiger partial charge in [0.1, 0.15) is 13.2 Å². The molecule has 0 radical (unpaired) electrons. The molecule has 0 saturated heterocycles. The van der Waals surface area contributed by atoms with E-state index < -0.39 is 12.1 Å². The Morgan fingerprint density at radius 2 is 0.543 bits per heavy atom. The van der Waals surface area contributed by atoms with Crippen LogP contribution in [0.4, 0.5) is 0 Å². The Kier molecular flexibility index (Phi) is 56.3. The van der Waals surface area contributed by atoms with Crippen LogP contribution in [0.15, 0.2) is 60.8 Å². The highest BCUT2D eigenvalue weighted by Gasteiger charge is 2.19. The standard InChI is InChI=1S/C64H114O6/c1-4-7-10-13-16-19-22-25-27-28-29-30-31-32-33-34-35-37-39-42-45-48-51-54-57-63(66)69-60-61(59-68-62(65)56-53-50-47-44-41-38-24-21-18-15-12-9-6-3)70-64(67)58-55-52-49-46-43-40-36-26-23-20-17-14-11-8-5-2/h8,11,17,20,26,36,43,46,52,55,61H,4-7,9-10,12-16,18-19,21-25,27-35,37-42,44-45,47-51,53-54,56-60H2,1-3H3/b11-8-,20-17-,36-26-,46-43-,55-52-. The lowest BCUT2D eigenvalue weighted by Crippen LogP contribution is -2.30. The second-order valence-electron chi connectivity index (χ2n) is 20.3. The molecular formula is C64H114O6. The molecule has 1 unspecified atom stereocenters. The monoisotopic (exact) mass is 979 g/mol. The molecule has 70 heavy (non-hydrogen) atoms. The van der Waals surface area contributed by atoms with Crippen molar-refractivity contribution < 1.29 is 28.6 Å². The maximum absolute atomic E-state index is 12.8. The summed E-state index contributed by atoms with van der Waals surface area (Å²) in [5.41, 5.74) is 0. The van der Waals surface area contributed by atoms with Gasteiger partial charge in [0.15, 0.2) is 6.10 Å². The van der Waals surface area contributed by atoms with Crippen molar-refractivity contribution in [1.29, 1.82) is 0 Å². The highest BCUT2D eigenvalue weighted by atomic mass is 16.6. The third-order valence-electron chi connectivity index (χ3n) is 13.3. The zero-order valence-corrected chi connectivity index (χ0v) is 46.5. The summed E-state index contributed by atoms with van der Waals surface area (Å²) in [6, 6.07) is 0. The van der Waals surface area contributed by atoms with Crippen LogP contribution < -0.4 is 0 Å². The second-order valence-corrected chi connectivity index (χ2v) is 20.3. The number of carbonyl (C=O) groups is 3. The number of hydrogen-bond acceptors (Lipinski definition) is 6. The molecule has 0 amide bonds. The Labute approximate surface area is 434 Å². The van der Waals surface area contributed by atoms with E-state index >= 15 is 0 Å². The molecule has 0 aromatic carbocycles. The Morgan fingerprint density at radius 1 is 0.300 bits per heavy atom. The minimum absolute atomic E-state index is 0.102. The van der Waals surface area contributed by atoms with Gasteiger partial charge in [-0.25, -0.2) is 0 Å². The van der Waals surface area contributed by atoms with Crippen LogP contribution in [0.2, 0.25) is 0 Å². The van der Waals surface area contributed by atoms with E-state index in [0.717, 1.165) is 70.6 Å². The molecule has 6 nitrogen and oxygen atoms in total. The van der Waals surface area contributed by atoms with Crippen LogP contribution in [0.3, 0.4) is 0 Å². The van der Waals surface area contributed by atoms with Crippen LogP contribution in [-0.4, -0.2) is 37.2 Å². The van der Waals surface area contributed by atoms with Crippen molar-refractivity contribution in [3.63, 3.8) is 0 Å². The van der Waals surface area contributed by atoms with E-state index in [1.165, 1.54) is 199 Å². The first-order chi connectivity index (χ1) is 34.5. The van der Waals surface area contributed by atoms with Gasteiger partial charge in [0.25, 0.3) is 0 Å². The fraction of sp³-hybridized carbons (Fsp3) is 0.797. The number of rotatable bonds is 55. The highest BCUT2D eigenvalue weighted by molar-refractivity contribution is 5.72. The number of carbonyl (C=O) groups excluding carboxylic acids is 3. The minimum Gasteiger partial charge on any atom is -0.462 e. The summed E-state index contributed by atoms with van der Waals surface area (Å²) < 4.78 is 16.8. The van der Waals surface area contributed by atoms with E-state index in [-0.39, 0.29) is 31.6 Å². The zero-order valence-electron chi connectivity index (χ0n) is 46.5. The van der Waals surface area contributed by atoms with Crippen molar-refractivity contribution >= 4 is 17.9 Å². The molecule has 1 atom stereocenters. The van der Waals surface area contributed by atoms with Crippen LogP contribution in [0.25, 0.3) is 0 Å². The first-order valence-electron chi connectivity index (χ1n) is 30.3. The average molecular weight is 980 g/mol. The molecule has 0 saturated carbocycles.